The first-order valence-electron chi connectivity index (χ1n) is 9.13. The molecule has 0 atom stereocenters. The third kappa shape index (κ3) is 2.53. The summed E-state index contributed by atoms with van der Waals surface area (Å²) >= 11 is 0. The lowest BCUT2D eigenvalue weighted by atomic mass is 10.2. The normalized spacial score (nSPS) is 12.7. The van der Waals surface area contributed by atoms with Gasteiger partial charge >= 0.3 is 0 Å². The van der Waals surface area contributed by atoms with Crippen molar-refractivity contribution in [3.05, 3.63) is 77.5 Å². The van der Waals surface area contributed by atoms with Gasteiger partial charge in [0, 0.05) is 27.3 Å². The summed E-state index contributed by atoms with van der Waals surface area (Å²) in [5, 5.41) is 2.18. The Morgan fingerprint density at radius 3 is 2.07 bits per heavy atom. The van der Waals surface area contributed by atoms with Gasteiger partial charge < -0.3 is 9.97 Å². The molecule has 5 heteroatoms. The Bertz CT molecular complexity index is 1360. The zero-order valence-electron chi connectivity index (χ0n) is 14.8. The Kier molecular flexibility index (Phi) is 3.10. The number of benzene rings is 1. The highest BCUT2D eigenvalue weighted by atomic mass is 14.9. The Morgan fingerprint density at radius 1 is 0.571 bits per heavy atom. The molecule has 0 aliphatic carbocycles. The van der Waals surface area contributed by atoms with E-state index in [4.69, 9.17) is 9.97 Å². The summed E-state index contributed by atoms with van der Waals surface area (Å²) in [7, 11) is 0. The highest BCUT2D eigenvalue weighted by molar-refractivity contribution is 6.06. The van der Waals surface area contributed by atoms with Crippen molar-refractivity contribution in [1.82, 2.24) is 24.9 Å². The van der Waals surface area contributed by atoms with Crippen LogP contribution < -0.4 is 0 Å². The van der Waals surface area contributed by atoms with E-state index in [-0.39, 0.29) is 0 Å². The van der Waals surface area contributed by atoms with E-state index < -0.39 is 0 Å². The van der Waals surface area contributed by atoms with Crippen LogP contribution in [0.15, 0.2) is 54.6 Å². The molecular weight excluding hydrogens is 346 g/mol. The highest BCUT2D eigenvalue weighted by Crippen LogP contribution is 2.24. The van der Waals surface area contributed by atoms with Gasteiger partial charge in [-0.25, -0.2) is 15.0 Å². The highest BCUT2D eigenvalue weighted by Gasteiger charge is 2.06. The van der Waals surface area contributed by atoms with E-state index in [1.165, 1.54) is 0 Å². The predicted molar refractivity (Wildman–Crippen MR) is 114 cm³/mol. The van der Waals surface area contributed by atoms with Gasteiger partial charge in [0.15, 0.2) is 5.82 Å². The second kappa shape index (κ2) is 5.76. The van der Waals surface area contributed by atoms with Crippen molar-refractivity contribution in [2.45, 2.75) is 0 Å². The summed E-state index contributed by atoms with van der Waals surface area (Å²) in [5.74, 6) is 0.684. The van der Waals surface area contributed by atoms with E-state index in [1.807, 2.05) is 60.7 Å². The summed E-state index contributed by atoms with van der Waals surface area (Å²) in [6, 6.07) is 18.4. The Labute approximate surface area is 160 Å². The molecule has 8 bridgehead atoms. The number of nitrogens with zero attached hydrogens (tertiary/aromatic N) is 3. The van der Waals surface area contributed by atoms with Crippen LogP contribution in [0.3, 0.4) is 0 Å². The maximum absolute atomic E-state index is 4.75. The summed E-state index contributed by atoms with van der Waals surface area (Å²) in [4.78, 5) is 20.9. The van der Waals surface area contributed by atoms with Crippen LogP contribution in [0.5, 0.6) is 0 Å². The van der Waals surface area contributed by atoms with Gasteiger partial charge in [-0.3, -0.25) is 0 Å². The number of rotatable bonds is 0. The minimum atomic E-state index is 0.684. The van der Waals surface area contributed by atoms with Crippen molar-refractivity contribution in [3.63, 3.8) is 0 Å². The molecule has 2 aliphatic rings. The largest absolute Gasteiger partial charge is 0.355 e. The van der Waals surface area contributed by atoms with Crippen LogP contribution in [-0.2, 0) is 0 Å². The first kappa shape index (κ1) is 15.1. The molecule has 0 radical (unpaired) electrons. The van der Waals surface area contributed by atoms with Crippen LogP contribution in [0.4, 0.5) is 0 Å². The Morgan fingerprint density at radius 2 is 1.25 bits per heavy atom. The predicted octanol–water partition coefficient (Wildman–Crippen LogP) is 5.20. The maximum Gasteiger partial charge on any atom is 0.155 e. The number of aromatic amines is 2. The van der Waals surface area contributed by atoms with E-state index >= 15 is 0 Å². The third-order valence-corrected chi connectivity index (χ3v) is 4.91. The van der Waals surface area contributed by atoms with Crippen LogP contribution >= 0.6 is 0 Å². The summed E-state index contributed by atoms with van der Waals surface area (Å²) in [6.45, 7) is 0. The van der Waals surface area contributed by atoms with Gasteiger partial charge in [-0.05, 0) is 54.6 Å². The number of H-pyrrole nitrogens is 2. The van der Waals surface area contributed by atoms with E-state index in [9.17, 15) is 0 Å². The molecule has 2 N–H and O–H groups in total. The Balaban J connectivity index is 1.77. The van der Waals surface area contributed by atoms with Crippen LogP contribution in [0.2, 0.25) is 0 Å². The van der Waals surface area contributed by atoms with Gasteiger partial charge in [-0.15, -0.1) is 0 Å². The molecule has 0 spiro atoms. The molecule has 0 unspecified atom stereocenters. The molecular formula is C23H15N5. The molecule has 0 fully saturated rings. The fourth-order valence-corrected chi connectivity index (χ4v) is 3.63. The molecule has 0 amide bonds. The van der Waals surface area contributed by atoms with Gasteiger partial charge in [-0.1, -0.05) is 24.3 Å². The van der Waals surface area contributed by atoms with Crippen LogP contribution in [0, 0.1) is 0 Å². The second-order valence-corrected chi connectivity index (χ2v) is 6.87. The molecule has 3 aromatic heterocycles. The first-order chi connectivity index (χ1) is 13.8. The fraction of sp³-hybridized carbons (Fsp3) is 0. The molecule has 5 heterocycles. The average molecular weight is 361 g/mol. The van der Waals surface area contributed by atoms with E-state index in [2.05, 4.69) is 33.2 Å². The fourth-order valence-electron chi connectivity index (χ4n) is 3.63. The van der Waals surface area contributed by atoms with Crippen molar-refractivity contribution in [2.75, 3.05) is 0 Å². The molecule has 1 aromatic carbocycles. The van der Waals surface area contributed by atoms with Gasteiger partial charge in [0.05, 0.1) is 17.1 Å². The number of hydrogen-bond acceptors (Lipinski definition) is 3. The smallest absolute Gasteiger partial charge is 0.155 e. The molecule has 132 valence electrons. The van der Waals surface area contributed by atoms with Crippen molar-refractivity contribution >= 4 is 57.3 Å². The first-order valence-corrected chi connectivity index (χ1v) is 9.13. The molecule has 4 aromatic rings. The molecule has 28 heavy (non-hydrogen) atoms. The standard InChI is InChI=1S/C23H15N5/c1-2-4-20-19(3-1)21-13-18-8-7-15(25-18)11-14-5-6-16(24-14)12-17-9-10-22(26-17)28-23(20)27-21/h1-13,24H,(H,26,27,28). The Hall–Kier alpha value is -3.99. The summed E-state index contributed by atoms with van der Waals surface area (Å²) in [6.07, 6.45) is 7.96. The SMILES string of the molecule is C1=Cc2cc3[nH]c(nc4nc(cc5ccc(cc1n2)[nH]5)C=C4)c1ccccc31. The van der Waals surface area contributed by atoms with Gasteiger partial charge in [0.2, 0.25) is 0 Å². The van der Waals surface area contributed by atoms with Crippen molar-refractivity contribution in [2.24, 2.45) is 0 Å². The van der Waals surface area contributed by atoms with E-state index in [1.54, 1.807) is 0 Å². The van der Waals surface area contributed by atoms with Crippen LogP contribution in [0.1, 0.15) is 22.9 Å². The number of hydrogen-bond donors (Lipinski definition) is 2. The quantitative estimate of drug-likeness (QED) is 0.390. The summed E-state index contributed by atoms with van der Waals surface area (Å²) < 4.78 is 0. The molecule has 0 saturated carbocycles. The number of nitrogens with one attached hydrogen (secondary N) is 2. The van der Waals surface area contributed by atoms with Gasteiger partial charge in [0.25, 0.3) is 0 Å². The van der Waals surface area contributed by atoms with E-state index in [0.29, 0.717) is 5.82 Å². The maximum atomic E-state index is 4.75. The van der Waals surface area contributed by atoms with Crippen molar-refractivity contribution in [1.29, 1.82) is 0 Å². The van der Waals surface area contributed by atoms with Crippen LogP contribution in [0.25, 0.3) is 57.3 Å². The zero-order valence-corrected chi connectivity index (χ0v) is 14.8. The lowest BCUT2D eigenvalue weighted by Gasteiger charge is -1.88. The summed E-state index contributed by atoms with van der Waals surface area (Å²) in [5.41, 5.74) is 6.49. The average Bonchev–Trinajstić information content (AvgIpc) is 3.47. The minimum Gasteiger partial charge on any atom is -0.355 e. The molecule has 0 saturated heterocycles. The molecule has 5 nitrogen and oxygen atoms in total. The van der Waals surface area contributed by atoms with Crippen molar-refractivity contribution < 1.29 is 0 Å². The van der Waals surface area contributed by atoms with Gasteiger partial charge in [-0.2, -0.15) is 0 Å². The van der Waals surface area contributed by atoms with Crippen molar-refractivity contribution in [3.8, 4) is 0 Å². The number of aromatic nitrogens is 5. The van der Waals surface area contributed by atoms with Crippen LogP contribution in [-0.4, -0.2) is 24.9 Å². The molecule has 6 rings (SSSR count). The topological polar surface area (TPSA) is 70.2 Å². The number of fused-ring (bicyclic) bond motifs is 11. The zero-order chi connectivity index (χ0) is 18.5. The third-order valence-electron chi connectivity index (χ3n) is 4.91. The monoisotopic (exact) mass is 361 g/mol. The van der Waals surface area contributed by atoms with E-state index in [0.717, 1.165) is 50.1 Å². The minimum absolute atomic E-state index is 0.684. The lowest BCUT2D eigenvalue weighted by molar-refractivity contribution is 1.19. The lowest BCUT2D eigenvalue weighted by Crippen LogP contribution is -1.80. The molecule has 2 aliphatic heterocycles. The second-order valence-electron chi connectivity index (χ2n) is 6.87. The van der Waals surface area contributed by atoms with Gasteiger partial charge in [0.1, 0.15) is 5.65 Å².